The third kappa shape index (κ3) is 3.09. The van der Waals surface area contributed by atoms with Gasteiger partial charge in [0.2, 0.25) is 0 Å². The van der Waals surface area contributed by atoms with E-state index in [0.717, 1.165) is 42.4 Å². The van der Waals surface area contributed by atoms with E-state index in [1.165, 1.54) is 5.56 Å². The van der Waals surface area contributed by atoms with Crippen LogP contribution < -0.4 is 0 Å². The van der Waals surface area contributed by atoms with Crippen LogP contribution in [0.25, 0.3) is 0 Å². The summed E-state index contributed by atoms with van der Waals surface area (Å²) in [5.41, 5.74) is 4.15. The molecule has 0 spiro atoms. The molecule has 0 atom stereocenters. The number of Topliss-reactive ketones (excluding diaryl/α,β-unsaturated/α-hetero) is 1. The lowest BCUT2D eigenvalue weighted by Crippen LogP contribution is -2.07. The zero-order valence-corrected chi connectivity index (χ0v) is 12.8. The molecule has 0 N–H and O–H groups in total. The van der Waals surface area contributed by atoms with E-state index >= 15 is 0 Å². The highest BCUT2D eigenvalue weighted by molar-refractivity contribution is 6.11. The van der Waals surface area contributed by atoms with E-state index in [1.54, 1.807) is 0 Å². The Morgan fingerprint density at radius 2 is 1.65 bits per heavy atom. The van der Waals surface area contributed by atoms with Crippen LogP contribution in [0.3, 0.4) is 0 Å². The van der Waals surface area contributed by atoms with E-state index in [2.05, 4.69) is 38.1 Å². The van der Waals surface area contributed by atoms with Gasteiger partial charge in [-0.25, -0.2) is 0 Å². The molecular formula is C19H24O. The van der Waals surface area contributed by atoms with Crippen LogP contribution in [-0.4, -0.2) is 5.78 Å². The summed E-state index contributed by atoms with van der Waals surface area (Å²) in [7, 11) is 0. The Morgan fingerprint density at radius 3 is 2.20 bits per heavy atom. The molecule has 0 saturated carbocycles. The average molecular weight is 268 g/mol. The molecular weight excluding hydrogens is 244 g/mol. The summed E-state index contributed by atoms with van der Waals surface area (Å²) >= 11 is 0. The van der Waals surface area contributed by atoms with Crippen molar-refractivity contribution >= 4 is 5.78 Å². The van der Waals surface area contributed by atoms with Crippen LogP contribution in [-0.2, 0) is 0 Å². The molecule has 106 valence electrons. The van der Waals surface area contributed by atoms with E-state index in [9.17, 15) is 4.79 Å². The smallest absolute Gasteiger partial charge is 0.192 e. The molecule has 1 heteroatoms. The normalized spacial score (nSPS) is 15.0. The molecule has 1 nitrogen and oxygen atoms in total. The zero-order chi connectivity index (χ0) is 14.5. The fourth-order valence-corrected chi connectivity index (χ4v) is 2.89. The Morgan fingerprint density at radius 1 is 1.05 bits per heavy atom. The van der Waals surface area contributed by atoms with Crippen LogP contribution in [0, 0.1) is 0 Å². The van der Waals surface area contributed by atoms with Crippen LogP contribution in [0.1, 0.15) is 68.3 Å². The molecule has 0 heterocycles. The molecule has 0 saturated heterocycles. The summed E-state index contributed by atoms with van der Waals surface area (Å²) in [6.07, 6.45) is 8.56. The number of benzene rings is 1. The van der Waals surface area contributed by atoms with Gasteiger partial charge in [0.15, 0.2) is 5.78 Å². The monoisotopic (exact) mass is 268 g/mol. The van der Waals surface area contributed by atoms with Gasteiger partial charge in [-0.3, -0.25) is 4.79 Å². The van der Waals surface area contributed by atoms with Gasteiger partial charge in [0.1, 0.15) is 0 Å². The molecule has 1 aromatic carbocycles. The highest BCUT2D eigenvalue weighted by Crippen LogP contribution is 2.25. The second-order valence-electron chi connectivity index (χ2n) is 5.55. The molecule has 0 radical (unpaired) electrons. The van der Waals surface area contributed by atoms with Gasteiger partial charge in [-0.15, -0.1) is 0 Å². The van der Waals surface area contributed by atoms with Gasteiger partial charge in [0, 0.05) is 11.1 Å². The van der Waals surface area contributed by atoms with Gasteiger partial charge >= 0.3 is 0 Å². The number of rotatable bonds is 5. The summed E-state index contributed by atoms with van der Waals surface area (Å²) in [4.78, 5) is 12.5. The van der Waals surface area contributed by atoms with E-state index < -0.39 is 0 Å². The predicted molar refractivity (Wildman–Crippen MR) is 85.2 cm³/mol. The van der Waals surface area contributed by atoms with Gasteiger partial charge in [-0.2, -0.15) is 0 Å². The van der Waals surface area contributed by atoms with Crippen molar-refractivity contribution in [2.75, 3.05) is 0 Å². The van der Waals surface area contributed by atoms with Gasteiger partial charge in [-0.1, -0.05) is 50.3 Å². The van der Waals surface area contributed by atoms with E-state index in [0.29, 0.717) is 5.92 Å². The molecule has 2 rings (SSSR count). The highest BCUT2D eigenvalue weighted by atomic mass is 16.1. The van der Waals surface area contributed by atoms with Crippen molar-refractivity contribution in [1.29, 1.82) is 0 Å². The van der Waals surface area contributed by atoms with Crippen LogP contribution in [0.5, 0.6) is 0 Å². The first-order chi connectivity index (χ1) is 9.67. The average Bonchev–Trinajstić information content (AvgIpc) is 2.49. The minimum atomic E-state index is 0.162. The number of hydrogen-bond acceptors (Lipinski definition) is 1. The lowest BCUT2D eigenvalue weighted by Gasteiger charge is -2.14. The van der Waals surface area contributed by atoms with Crippen molar-refractivity contribution < 1.29 is 4.79 Å². The Labute approximate surface area is 122 Å². The summed E-state index contributed by atoms with van der Waals surface area (Å²) in [5, 5.41) is 0. The molecule has 0 amide bonds. The minimum Gasteiger partial charge on any atom is -0.289 e. The molecule has 0 aliphatic heterocycles. The van der Waals surface area contributed by atoms with Crippen molar-refractivity contribution in [2.45, 2.75) is 52.4 Å². The quantitative estimate of drug-likeness (QED) is 0.650. The topological polar surface area (TPSA) is 17.1 Å². The minimum absolute atomic E-state index is 0.162. The third-order valence-corrected chi connectivity index (χ3v) is 4.26. The van der Waals surface area contributed by atoms with Crippen LogP contribution in [0.4, 0.5) is 0 Å². The Kier molecular flexibility index (Phi) is 4.94. The summed E-state index contributed by atoms with van der Waals surface area (Å²) < 4.78 is 0. The number of hydrogen-bond donors (Lipinski definition) is 0. The number of ketones is 1. The lowest BCUT2D eigenvalue weighted by molar-refractivity contribution is 0.103. The first-order valence-electron chi connectivity index (χ1n) is 7.69. The fourth-order valence-electron chi connectivity index (χ4n) is 2.89. The molecule has 1 aromatic rings. The maximum Gasteiger partial charge on any atom is 0.192 e. The first-order valence-corrected chi connectivity index (χ1v) is 7.69. The van der Waals surface area contributed by atoms with Crippen LogP contribution in [0.2, 0.25) is 0 Å². The fraction of sp³-hybridized carbons (Fsp3) is 0.421. The van der Waals surface area contributed by atoms with Crippen LogP contribution >= 0.6 is 0 Å². The molecule has 0 bridgehead atoms. The third-order valence-electron chi connectivity index (χ3n) is 4.26. The van der Waals surface area contributed by atoms with Crippen LogP contribution in [0.15, 0.2) is 47.6 Å². The SMILES string of the molecule is CCC(CC)c1ccc(C(=O)C2=CCCC=C2C)cc1. The zero-order valence-electron chi connectivity index (χ0n) is 12.8. The standard InChI is InChI=1S/C19H24O/c1-4-15(5-2)16-10-12-17(13-11-16)19(20)18-9-7-6-8-14(18)3/h8-13,15H,4-7H2,1-3H3. The maximum atomic E-state index is 12.5. The number of carbonyl (C=O) groups excluding carboxylic acids is 1. The lowest BCUT2D eigenvalue weighted by atomic mass is 9.89. The number of allylic oxidation sites excluding steroid dienone is 4. The first kappa shape index (κ1) is 14.8. The Bertz CT molecular complexity index is 527. The Balaban J connectivity index is 2.20. The predicted octanol–water partition coefficient (Wildman–Crippen LogP) is 5.44. The molecule has 1 aliphatic carbocycles. The highest BCUT2D eigenvalue weighted by Gasteiger charge is 2.16. The van der Waals surface area contributed by atoms with Gasteiger partial charge in [-0.05, 0) is 49.7 Å². The molecule has 0 unspecified atom stereocenters. The largest absolute Gasteiger partial charge is 0.289 e. The van der Waals surface area contributed by atoms with Crippen molar-refractivity contribution in [2.24, 2.45) is 0 Å². The molecule has 0 aromatic heterocycles. The van der Waals surface area contributed by atoms with E-state index in [-0.39, 0.29) is 5.78 Å². The molecule has 0 fully saturated rings. The van der Waals surface area contributed by atoms with Gasteiger partial charge < -0.3 is 0 Å². The van der Waals surface area contributed by atoms with E-state index in [1.807, 2.05) is 19.1 Å². The van der Waals surface area contributed by atoms with Gasteiger partial charge in [0.25, 0.3) is 0 Å². The van der Waals surface area contributed by atoms with Crippen molar-refractivity contribution in [3.8, 4) is 0 Å². The second-order valence-corrected chi connectivity index (χ2v) is 5.55. The van der Waals surface area contributed by atoms with Crippen molar-refractivity contribution in [3.63, 3.8) is 0 Å². The van der Waals surface area contributed by atoms with Gasteiger partial charge in [0.05, 0.1) is 0 Å². The molecule has 20 heavy (non-hydrogen) atoms. The molecule has 1 aliphatic rings. The second kappa shape index (κ2) is 6.69. The summed E-state index contributed by atoms with van der Waals surface area (Å²) in [5.74, 6) is 0.768. The Hall–Kier alpha value is -1.63. The maximum absolute atomic E-state index is 12.5. The van der Waals surface area contributed by atoms with Crippen molar-refractivity contribution in [3.05, 3.63) is 58.7 Å². The summed E-state index contributed by atoms with van der Waals surface area (Å²) in [6, 6.07) is 8.21. The van der Waals surface area contributed by atoms with Crippen molar-refractivity contribution in [1.82, 2.24) is 0 Å². The van der Waals surface area contributed by atoms with E-state index in [4.69, 9.17) is 0 Å². The number of carbonyl (C=O) groups is 1. The summed E-state index contributed by atoms with van der Waals surface area (Å²) in [6.45, 7) is 6.46.